The highest BCUT2D eigenvalue weighted by molar-refractivity contribution is 6.25. The van der Waals surface area contributed by atoms with E-state index >= 15 is 0 Å². The highest BCUT2D eigenvalue weighted by atomic mass is 16.5. The lowest BCUT2D eigenvalue weighted by Crippen LogP contribution is -2.04. The van der Waals surface area contributed by atoms with Gasteiger partial charge in [0, 0.05) is 12.5 Å². The molecule has 0 aliphatic rings. The van der Waals surface area contributed by atoms with Crippen molar-refractivity contribution in [3.63, 3.8) is 0 Å². The van der Waals surface area contributed by atoms with Crippen molar-refractivity contribution in [2.45, 2.75) is 13.3 Å². The van der Waals surface area contributed by atoms with Gasteiger partial charge in [0.2, 0.25) is 0 Å². The van der Waals surface area contributed by atoms with Crippen molar-refractivity contribution < 1.29 is 9.53 Å². The molecular formula is C24H20O2. The lowest BCUT2D eigenvalue weighted by atomic mass is 9.92. The summed E-state index contributed by atoms with van der Waals surface area (Å²) in [6.07, 6.45) is 1.89. The van der Waals surface area contributed by atoms with Crippen molar-refractivity contribution in [3.05, 3.63) is 84.4 Å². The molecule has 0 saturated heterocycles. The largest absolute Gasteiger partial charge is 0.462 e. The van der Waals surface area contributed by atoms with Crippen LogP contribution in [0.3, 0.4) is 0 Å². The molecule has 0 unspecified atom stereocenters. The molecule has 2 nitrogen and oxygen atoms in total. The summed E-state index contributed by atoms with van der Waals surface area (Å²) in [5, 5.41) is 7.59. The molecule has 0 fully saturated rings. The molecule has 4 rings (SSSR count). The third-order valence-corrected chi connectivity index (χ3v) is 4.86. The van der Waals surface area contributed by atoms with Gasteiger partial charge in [0.05, 0.1) is 6.61 Å². The number of fused-ring (bicyclic) bond motifs is 6. The molecule has 0 radical (unpaired) electrons. The van der Waals surface area contributed by atoms with Crippen molar-refractivity contribution >= 4 is 38.3 Å². The molecule has 0 atom stereocenters. The standard InChI is InChI=1S/C24H20O2/c1-3-24(25)26-13-12-17-9-11-21-20-10-8-16(2)14-22(20)18-6-4-5-7-19(18)23(21)15-17/h3-11,14-15H,1,12-13H2,2H3. The second-order valence-corrected chi connectivity index (χ2v) is 6.60. The average molecular weight is 340 g/mol. The summed E-state index contributed by atoms with van der Waals surface area (Å²) in [6.45, 7) is 5.92. The number of benzene rings is 4. The van der Waals surface area contributed by atoms with Crippen LogP contribution in [0, 0.1) is 6.92 Å². The van der Waals surface area contributed by atoms with E-state index in [1.54, 1.807) is 0 Å². The number of hydrogen-bond acceptors (Lipinski definition) is 2. The molecule has 2 heteroatoms. The minimum absolute atomic E-state index is 0.362. The van der Waals surface area contributed by atoms with Crippen LogP contribution >= 0.6 is 0 Å². The summed E-state index contributed by atoms with van der Waals surface area (Å²) in [5.74, 6) is -0.377. The van der Waals surface area contributed by atoms with E-state index in [9.17, 15) is 4.79 Å². The summed E-state index contributed by atoms with van der Waals surface area (Å²) in [6, 6.07) is 21.7. The molecule has 0 saturated carbocycles. The van der Waals surface area contributed by atoms with E-state index in [1.807, 2.05) is 0 Å². The molecule has 0 aliphatic carbocycles. The molecule has 128 valence electrons. The minimum atomic E-state index is -0.377. The monoisotopic (exact) mass is 340 g/mol. The van der Waals surface area contributed by atoms with Crippen LogP contribution in [0.4, 0.5) is 0 Å². The molecule has 0 spiro atoms. The van der Waals surface area contributed by atoms with Gasteiger partial charge in [0.25, 0.3) is 0 Å². The third kappa shape index (κ3) is 2.84. The van der Waals surface area contributed by atoms with E-state index in [1.165, 1.54) is 44.0 Å². The van der Waals surface area contributed by atoms with Crippen LogP contribution in [0.2, 0.25) is 0 Å². The second-order valence-electron chi connectivity index (χ2n) is 6.60. The van der Waals surface area contributed by atoms with Crippen LogP contribution < -0.4 is 0 Å². The maximum absolute atomic E-state index is 11.2. The van der Waals surface area contributed by atoms with Gasteiger partial charge < -0.3 is 4.74 Å². The predicted molar refractivity (Wildman–Crippen MR) is 109 cm³/mol. The zero-order chi connectivity index (χ0) is 18.1. The van der Waals surface area contributed by atoms with E-state index in [4.69, 9.17) is 4.74 Å². The summed E-state index contributed by atoms with van der Waals surface area (Å²) in [5.41, 5.74) is 2.42. The van der Waals surface area contributed by atoms with Crippen molar-refractivity contribution in [1.29, 1.82) is 0 Å². The number of carbonyl (C=O) groups excluding carboxylic acids is 1. The smallest absolute Gasteiger partial charge is 0.330 e. The Bertz CT molecular complexity index is 1130. The van der Waals surface area contributed by atoms with Gasteiger partial charge in [0.15, 0.2) is 0 Å². The molecule has 0 heterocycles. The quantitative estimate of drug-likeness (QED) is 0.269. The van der Waals surface area contributed by atoms with Gasteiger partial charge in [-0.05, 0) is 44.8 Å². The SMILES string of the molecule is C=CC(=O)OCCc1ccc2c3ccc(C)cc3c3ccccc3c2c1. The maximum atomic E-state index is 11.2. The van der Waals surface area contributed by atoms with Crippen LogP contribution in [-0.2, 0) is 16.0 Å². The number of aryl methyl sites for hydroxylation is 1. The van der Waals surface area contributed by atoms with Gasteiger partial charge in [-0.25, -0.2) is 4.79 Å². The molecule has 0 amide bonds. The first-order valence-corrected chi connectivity index (χ1v) is 8.80. The Hall–Kier alpha value is -3.13. The van der Waals surface area contributed by atoms with E-state index in [2.05, 4.69) is 74.2 Å². The van der Waals surface area contributed by atoms with Gasteiger partial charge in [-0.2, -0.15) is 0 Å². The summed E-state index contributed by atoms with van der Waals surface area (Å²) < 4.78 is 5.12. The Labute approximate surface area is 152 Å². The Kier molecular flexibility index (Phi) is 4.18. The first-order valence-electron chi connectivity index (χ1n) is 8.80. The summed E-state index contributed by atoms with van der Waals surface area (Å²) >= 11 is 0. The number of hydrogen-bond donors (Lipinski definition) is 0. The minimum Gasteiger partial charge on any atom is -0.462 e. The van der Waals surface area contributed by atoms with Gasteiger partial charge in [0.1, 0.15) is 0 Å². The van der Waals surface area contributed by atoms with Crippen LogP contribution in [0.5, 0.6) is 0 Å². The van der Waals surface area contributed by atoms with Crippen LogP contribution in [0.1, 0.15) is 11.1 Å². The number of ether oxygens (including phenoxy) is 1. The molecule has 0 bridgehead atoms. The summed E-state index contributed by atoms with van der Waals surface area (Å²) in [4.78, 5) is 11.2. The third-order valence-electron chi connectivity index (χ3n) is 4.86. The Morgan fingerprint density at radius 2 is 1.50 bits per heavy atom. The van der Waals surface area contributed by atoms with Gasteiger partial charge in [-0.3, -0.25) is 0 Å². The fourth-order valence-electron chi connectivity index (χ4n) is 3.60. The number of esters is 1. The van der Waals surface area contributed by atoms with E-state index in [0.717, 1.165) is 5.56 Å². The zero-order valence-electron chi connectivity index (χ0n) is 14.8. The zero-order valence-corrected chi connectivity index (χ0v) is 14.8. The van der Waals surface area contributed by atoms with Crippen molar-refractivity contribution in [2.24, 2.45) is 0 Å². The molecule has 4 aromatic carbocycles. The van der Waals surface area contributed by atoms with E-state index in [0.29, 0.717) is 13.0 Å². The highest BCUT2D eigenvalue weighted by Crippen LogP contribution is 2.35. The lowest BCUT2D eigenvalue weighted by Gasteiger charge is -2.12. The molecule has 0 aliphatic heterocycles. The van der Waals surface area contributed by atoms with Crippen LogP contribution in [0.15, 0.2) is 73.3 Å². The van der Waals surface area contributed by atoms with E-state index < -0.39 is 0 Å². The number of carbonyl (C=O) groups is 1. The highest BCUT2D eigenvalue weighted by Gasteiger charge is 2.09. The van der Waals surface area contributed by atoms with Crippen molar-refractivity contribution in [3.8, 4) is 0 Å². The number of rotatable bonds is 4. The Balaban J connectivity index is 1.88. The fraction of sp³-hybridized carbons (Fsp3) is 0.125. The molecule has 0 aromatic heterocycles. The predicted octanol–water partition coefficient (Wildman–Crippen LogP) is 5.73. The van der Waals surface area contributed by atoms with Crippen molar-refractivity contribution in [2.75, 3.05) is 6.61 Å². The Morgan fingerprint density at radius 1 is 0.885 bits per heavy atom. The molecule has 26 heavy (non-hydrogen) atoms. The topological polar surface area (TPSA) is 26.3 Å². The first kappa shape index (κ1) is 16.3. The van der Waals surface area contributed by atoms with Gasteiger partial charge in [-0.15, -0.1) is 0 Å². The van der Waals surface area contributed by atoms with E-state index in [-0.39, 0.29) is 5.97 Å². The maximum Gasteiger partial charge on any atom is 0.330 e. The van der Waals surface area contributed by atoms with Gasteiger partial charge >= 0.3 is 5.97 Å². The van der Waals surface area contributed by atoms with Crippen molar-refractivity contribution in [1.82, 2.24) is 0 Å². The molecular weight excluding hydrogens is 320 g/mol. The first-order chi connectivity index (χ1) is 12.7. The Morgan fingerprint density at radius 3 is 2.19 bits per heavy atom. The average Bonchev–Trinajstić information content (AvgIpc) is 2.68. The van der Waals surface area contributed by atoms with Gasteiger partial charge in [-0.1, -0.05) is 72.8 Å². The summed E-state index contributed by atoms with van der Waals surface area (Å²) in [7, 11) is 0. The van der Waals surface area contributed by atoms with Crippen LogP contribution in [0.25, 0.3) is 32.3 Å². The second kappa shape index (κ2) is 6.64. The normalized spacial score (nSPS) is 11.1. The fourth-order valence-corrected chi connectivity index (χ4v) is 3.60. The molecule has 4 aromatic rings. The molecule has 0 N–H and O–H groups in total. The lowest BCUT2D eigenvalue weighted by molar-refractivity contribution is -0.137. The van der Waals surface area contributed by atoms with Crippen LogP contribution in [-0.4, -0.2) is 12.6 Å².